The van der Waals surface area contributed by atoms with Crippen molar-refractivity contribution in [3.05, 3.63) is 36.5 Å². The van der Waals surface area contributed by atoms with Gasteiger partial charge in [-0.05, 0) is 56.1 Å². The van der Waals surface area contributed by atoms with Crippen molar-refractivity contribution >= 4 is 27.9 Å². The Morgan fingerprint density at radius 2 is 1.94 bits per heavy atom. The first-order valence-corrected chi connectivity index (χ1v) is 12.4. The fraction of sp³-hybridized carbons (Fsp3) is 0.462. The van der Waals surface area contributed by atoms with E-state index in [0.717, 1.165) is 40.3 Å². The summed E-state index contributed by atoms with van der Waals surface area (Å²) in [6, 6.07) is 11.0. The van der Waals surface area contributed by atoms with Gasteiger partial charge in [-0.3, -0.25) is 0 Å². The Labute approximate surface area is 198 Å². The summed E-state index contributed by atoms with van der Waals surface area (Å²) in [5, 5.41) is 18.4. The molecule has 34 heavy (non-hydrogen) atoms. The highest BCUT2D eigenvalue weighted by Crippen LogP contribution is 2.51. The molecule has 0 unspecified atom stereocenters. The summed E-state index contributed by atoms with van der Waals surface area (Å²) in [6.07, 6.45) is 11.3. The second-order valence-corrected chi connectivity index (χ2v) is 10.2. The maximum Gasteiger partial charge on any atom is 0.222 e. The molecule has 4 aromatic rings. The van der Waals surface area contributed by atoms with Crippen molar-refractivity contribution in [3.63, 3.8) is 0 Å². The van der Waals surface area contributed by atoms with E-state index >= 15 is 0 Å². The number of pyridine rings is 1. The van der Waals surface area contributed by atoms with Gasteiger partial charge in [-0.2, -0.15) is 9.61 Å². The Morgan fingerprint density at radius 1 is 1.06 bits per heavy atom. The van der Waals surface area contributed by atoms with Gasteiger partial charge in [0.1, 0.15) is 18.0 Å². The quantitative estimate of drug-likeness (QED) is 0.480. The third-order valence-corrected chi connectivity index (χ3v) is 8.23. The van der Waals surface area contributed by atoms with Crippen molar-refractivity contribution in [1.82, 2.24) is 24.8 Å². The lowest BCUT2D eigenvalue weighted by atomic mass is 9.60. The van der Waals surface area contributed by atoms with E-state index < -0.39 is 0 Å². The number of fused-ring (bicyclic) bond motifs is 4. The van der Waals surface area contributed by atoms with Crippen LogP contribution in [-0.2, 0) is 0 Å². The molecule has 1 aromatic carbocycles. The topological polar surface area (TPSA) is 80.5 Å². The van der Waals surface area contributed by atoms with Crippen molar-refractivity contribution in [3.8, 4) is 17.3 Å². The predicted molar refractivity (Wildman–Crippen MR) is 132 cm³/mol. The van der Waals surface area contributed by atoms with Gasteiger partial charge in [-0.15, -0.1) is 10.2 Å². The van der Waals surface area contributed by atoms with E-state index in [9.17, 15) is 0 Å². The number of anilines is 2. The number of benzene rings is 1. The zero-order chi connectivity index (χ0) is 22.7. The molecule has 1 aliphatic heterocycles. The summed E-state index contributed by atoms with van der Waals surface area (Å²) in [6.45, 7) is 1.45. The van der Waals surface area contributed by atoms with E-state index in [1.54, 1.807) is 4.52 Å². The minimum absolute atomic E-state index is 0.513. The smallest absolute Gasteiger partial charge is 0.222 e. The molecule has 2 aliphatic carbocycles. The molecule has 4 heterocycles. The van der Waals surface area contributed by atoms with E-state index in [1.165, 1.54) is 44.9 Å². The Balaban J connectivity index is 1.23. The van der Waals surface area contributed by atoms with Gasteiger partial charge in [0.15, 0.2) is 5.75 Å². The lowest BCUT2D eigenvalue weighted by Gasteiger charge is -2.47. The number of aromatic nitrogens is 5. The van der Waals surface area contributed by atoms with Gasteiger partial charge in [0.2, 0.25) is 11.5 Å². The third-order valence-electron chi connectivity index (χ3n) is 8.23. The molecule has 0 bridgehead atoms. The number of ether oxygens (including phenoxy) is 1. The van der Waals surface area contributed by atoms with E-state index in [-0.39, 0.29) is 0 Å². The van der Waals surface area contributed by atoms with Crippen molar-refractivity contribution in [1.29, 1.82) is 0 Å². The highest BCUT2D eigenvalue weighted by Gasteiger charge is 2.40. The van der Waals surface area contributed by atoms with Crippen LogP contribution in [0.1, 0.15) is 44.9 Å². The summed E-state index contributed by atoms with van der Waals surface area (Å²) in [5.74, 6) is 1.35. The first kappa shape index (κ1) is 20.0. The van der Waals surface area contributed by atoms with Crippen LogP contribution in [0.4, 0.5) is 11.4 Å². The van der Waals surface area contributed by atoms with Crippen molar-refractivity contribution in [2.45, 2.75) is 51.0 Å². The average molecular weight is 456 g/mol. The molecule has 8 heteroatoms. The fourth-order valence-electron chi connectivity index (χ4n) is 5.95. The molecule has 0 saturated heterocycles. The molecule has 0 amide bonds. The highest BCUT2D eigenvalue weighted by atomic mass is 16.5. The molecule has 0 radical (unpaired) electrons. The summed E-state index contributed by atoms with van der Waals surface area (Å²) >= 11 is 0. The lowest BCUT2D eigenvalue weighted by molar-refractivity contribution is 0.0730. The van der Waals surface area contributed by atoms with Crippen LogP contribution in [0.15, 0.2) is 36.5 Å². The molecule has 3 aromatic heterocycles. The molecule has 3 aliphatic rings. The number of hydrogen-bond donors (Lipinski definition) is 1. The standard InChI is InChI=1S/C26H29N7O/c1-32-14-15-34-23-21(32)16-27-33-24(30-31-25(23)33)20-7-6-17-4-2-5-19(22(17)29-20)28-18-8-12-26(13-9-18)10-3-11-26/h2,4-7,16,18,28H,3,8-15H2,1H3. The summed E-state index contributed by atoms with van der Waals surface area (Å²) in [7, 11) is 2.04. The van der Waals surface area contributed by atoms with Gasteiger partial charge in [-0.1, -0.05) is 24.6 Å². The highest BCUT2D eigenvalue weighted by molar-refractivity contribution is 5.92. The number of hydrogen-bond acceptors (Lipinski definition) is 7. The van der Waals surface area contributed by atoms with Gasteiger partial charge >= 0.3 is 0 Å². The molecule has 2 fully saturated rings. The van der Waals surface area contributed by atoms with Crippen LogP contribution in [0.5, 0.6) is 5.75 Å². The normalized spacial score (nSPS) is 19.7. The Kier molecular flexibility index (Phi) is 4.44. The molecule has 8 nitrogen and oxygen atoms in total. The first-order valence-electron chi connectivity index (χ1n) is 12.4. The van der Waals surface area contributed by atoms with Gasteiger partial charge in [0, 0.05) is 18.5 Å². The van der Waals surface area contributed by atoms with Crippen LogP contribution in [0.25, 0.3) is 28.1 Å². The van der Waals surface area contributed by atoms with E-state index in [1.807, 2.05) is 19.3 Å². The largest absolute Gasteiger partial charge is 0.486 e. The van der Waals surface area contributed by atoms with Crippen LogP contribution >= 0.6 is 0 Å². The molecular formula is C26H29N7O. The molecule has 1 N–H and O–H groups in total. The van der Waals surface area contributed by atoms with Gasteiger partial charge in [-0.25, -0.2) is 4.98 Å². The number of nitrogens with zero attached hydrogens (tertiary/aromatic N) is 6. The van der Waals surface area contributed by atoms with Crippen LogP contribution in [-0.4, -0.2) is 51.0 Å². The Hall–Kier alpha value is -3.42. The van der Waals surface area contributed by atoms with Crippen LogP contribution in [0.2, 0.25) is 0 Å². The van der Waals surface area contributed by atoms with Gasteiger partial charge in [0.25, 0.3) is 0 Å². The summed E-state index contributed by atoms with van der Waals surface area (Å²) in [4.78, 5) is 7.17. The summed E-state index contributed by atoms with van der Waals surface area (Å²) in [5.41, 5.74) is 5.05. The van der Waals surface area contributed by atoms with Crippen LogP contribution in [0.3, 0.4) is 0 Å². The van der Waals surface area contributed by atoms with Crippen molar-refractivity contribution in [2.24, 2.45) is 5.41 Å². The first-order chi connectivity index (χ1) is 16.7. The molecular weight excluding hydrogens is 426 g/mol. The van der Waals surface area contributed by atoms with E-state index in [2.05, 4.69) is 49.8 Å². The van der Waals surface area contributed by atoms with Crippen LogP contribution < -0.4 is 15.0 Å². The SMILES string of the molecule is CN1CCOc2c1cnn1c(-c3ccc4cccc(NC5CCC6(CCC6)CC5)c4n3)nnc21. The number of rotatable bonds is 3. The Morgan fingerprint density at radius 3 is 2.76 bits per heavy atom. The van der Waals surface area contributed by atoms with Gasteiger partial charge in [0.05, 0.1) is 23.9 Å². The zero-order valence-electron chi connectivity index (χ0n) is 19.5. The van der Waals surface area contributed by atoms with Crippen molar-refractivity contribution in [2.75, 3.05) is 30.4 Å². The zero-order valence-corrected chi connectivity index (χ0v) is 19.5. The van der Waals surface area contributed by atoms with Crippen LogP contribution in [0, 0.1) is 5.41 Å². The van der Waals surface area contributed by atoms with Crippen molar-refractivity contribution < 1.29 is 4.74 Å². The Bertz CT molecular complexity index is 1380. The maximum absolute atomic E-state index is 5.92. The molecule has 2 saturated carbocycles. The molecule has 0 atom stereocenters. The average Bonchev–Trinajstić information content (AvgIpc) is 3.29. The summed E-state index contributed by atoms with van der Waals surface area (Å²) < 4.78 is 7.66. The number of nitrogens with one attached hydrogen (secondary N) is 1. The fourth-order valence-corrected chi connectivity index (χ4v) is 5.95. The van der Waals surface area contributed by atoms with E-state index in [4.69, 9.17) is 9.72 Å². The molecule has 174 valence electrons. The molecule has 7 rings (SSSR count). The van der Waals surface area contributed by atoms with E-state index in [0.29, 0.717) is 29.5 Å². The lowest BCUT2D eigenvalue weighted by Crippen LogP contribution is -2.37. The predicted octanol–water partition coefficient (Wildman–Crippen LogP) is 4.69. The second-order valence-electron chi connectivity index (χ2n) is 10.2. The van der Waals surface area contributed by atoms with Gasteiger partial charge < -0.3 is 15.0 Å². The number of likely N-dealkylation sites (N-methyl/N-ethyl adjacent to an activating group) is 1. The number of para-hydroxylation sites is 1. The third kappa shape index (κ3) is 3.11. The minimum atomic E-state index is 0.513. The monoisotopic (exact) mass is 455 g/mol. The molecule has 1 spiro atoms. The minimum Gasteiger partial charge on any atom is -0.486 e. The second kappa shape index (κ2) is 7.55. The maximum atomic E-state index is 5.92.